The molecule has 2 aromatic carbocycles. The van der Waals surface area contributed by atoms with Crippen LogP contribution < -0.4 is 0 Å². The van der Waals surface area contributed by atoms with Crippen LogP contribution in [-0.4, -0.2) is 5.33 Å². The second-order valence-electron chi connectivity index (χ2n) is 4.63. The largest absolute Gasteiger partial charge is 0.0925 e. The van der Waals surface area contributed by atoms with Crippen LogP contribution in [0.15, 0.2) is 48.6 Å². The molecule has 1 heteroatoms. The Bertz CT molecular complexity index is 657. The van der Waals surface area contributed by atoms with Gasteiger partial charge in [-0.15, -0.1) is 0 Å². The van der Waals surface area contributed by atoms with E-state index in [1.165, 1.54) is 33.0 Å². The summed E-state index contributed by atoms with van der Waals surface area (Å²) in [5, 5.41) is 3.77. The average molecular weight is 299 g/mol. The van der Waals surface area contributed by atoms with Crippen LogP contribution in [0.4, 0.5) is 0 Å². The summed E-state index contributed by atoms with van der Waals surface area (Å²) >= 11 is 3.46. The van der Waals surface area contributed by atoms with Crippen molar-refractivity contribution in [2.24, 2.45) is 0 Å². The van der Waals surface area contributed by atoms with Gasteiger partial charge in [0.25, 0.3) is 0 Å². The molecule has 0 nitrogen and oxygen atoms in total. The Morgan fingerprint density at radius 2 is 1.78 bits per heavy atom. The fourth-order valence-electron chi connectivity index (χ4n) is 2.70. The summed E-state index contributed by atoms with van der Waals surface area (Å²) in [5.41, 5.74) is 5.54. The van der Waals surface area contributed by atoms with E-state index in [1.807, 2.05) is 0 Å². The van der Waals surface area contributed by atoms with Gasteiger partial charge in [0.05, 0.1) is 0 Å². The highest BCUT2D eigenvalue weighted by Crippen LogP contribution is 2.42. The number of rotatable bonds is 3. The van der Waals surface area contributed by atoms with Crippen molar-refractivity contribution in [3.05, 3.63) is 59.7 Å². The topological polar surface area (TPSA) is 0 Å². The van der Waals surface area contributed by atoms with Crippen molar-refractivity contribution >= 4 is 37.8 Å². The molecule has 0 atom stereocenters. The van der Waals surface area contributed by atoms with Gasteiger partial charge in [-0.05, 0) is 46.4 Å². The SMILES string of the molecule is CC1=C(/C=C/CCBr)c2cccc3cccc1c23. The van der Waals surface area contributed by atoms with E-state index in [9.17, 15) is 0 Å². The molecule has 0 radical (unpaired) electrons. The Balaban J connectivity index is 2.19. The van der Waals surface area contributed by atoms with Crippen molar-refractivity contribution in [3.63, 3.8) is 0 Å². The van der Waals surface area contributed by atoms with E-state index in [0.717, 1.165) is 11.8 Å². The monoisotopic (exact) mass is 298 g/mol. The first-order chi connectivity index (χ1) is 8.83. The molecule has 1 aliphatic carbocycles. The van der Waals surface area contributed by atoms with Crippen molar-refractivity contribution in [1.82, 2.24) is 0 Å². The van der Waals surface area contributed by atoms with Crippen molar-refractivity contribution in [2.75, 3.05) is 5.33 Å². The van der Waals surface area contributed by atoms with Crippen LogP contribution in [0.5, 0.6) is 0 Å². The molecule has 1 aliphatic rings. The molecular formula is C17H15Br. The number of benzene rings is 2. The van der Waals surface area contributed by atoms with Crippen LogP contribution in [0, 0.1) is 0 Å². The minimum atomic E-state index is 1.02. The van der Waals surface area contributed by atoms with Crippen LogP contribution in [0.3, 0.4) is 0 Å². The summed E-state index contributed by atoms with van der Waals surface area (Å²) in [5.74, 6) is 0. The molecule has 0 aromatic heterocycles. The number of allylic oxidation sites excluding steroid dienone is 4. The zero-order chi connectivity index (χ0) is 12.5. The van der Waals surface area contributed by atoms with E-state index in [1.54, 1.807) is 0 Å². The molecule has 3 rings (SSSR count). The van der Waals surface area contributed by atoms with E-state index in [4.69, 9.17) is 0 Å². The molecule has 0 heterocycles. The minimum absolute atomic E-state index is 1.02. The second kappa shape index (κ2) is 4.74. The van der Waals surface area contributed by atoms with Crippen molar-refractivity contribution in [3.8, 4) is 0 Å². The van der Waals surface area contributed by atoms with Gasteiger partial charge in [-0.3, -0.25) is 0 Å². The standard InChI is InChI=1S/C17H15Br/c1-12-14(8-2-3-11-18)16-10-5-7-13-6-4-9-15(12)17(13)16/h2,4-10H,3,11H2,1H3/b8-2+. The van der Waals surface area contributed by atoms with Gasteiger partial charge in [0.1, 0.15) is 0 Å². The Labute approximate surface area is 116 Å². The van der Waals surface area contributed by atoms with E-state index in [0.29, 0.717) is 0 Å². The molecule has 2 aromatic rings. The van der Waals surface area contributed by atoms with Gasteiger partial charge in [-0.25, -0.2) is 0 Å². The Hall–Kier alpha value is -1.34. The van der Waals surface area contributed by atoms with Gasteiger partial charge in [0, 0.05) is 5.33 Å². The smallest absolute Gasteiger partial charge is 0.00660 e. The third-order valence-corrected chi connectivity index (χ3v) is 4.02. The first kappa shape index (κ1) is 11.7. The maximum Gasteiger partial charge on any atom is 0.00660 e. The molecule has 0 aliphatic heterocycles. The maximum atomic E-state index is 3.46. The Kier molecular flexibility index (Phi) is 3.09. The zero-order valence-corrected chi connectivity index (χ0v) is 12.0. The Morgan fingerprint density at radius 1 is 1.06 bits per heavy atom. The quantitative estimate of drug-likeness (QED) is 0.663. The van der Waals surface area contributed by atoms with Crippen LogP contribution in [0.1, 0.15) is 24.5 Å². The average Bonchev–Trinajstić information content (AvgIpc) is 2.67. The highest BCUT2D eigenvalue weighted by atomic mass is 79.9. The predicted octanol–water partition coefficient (Wildman–Crippen LogP) is 5.43. The second-order valence-corrected chi connectivity index (χ2v) is 5.42. The van der Waals surface area contributed by atoms with Crippen molar-refractivity contribution < 1.29 is 0 Å². The van der Waals surface area contributed by atoms with Crippen LogP contribution >= 0.6 is 15.9 Å². The predicted molar refractivity (Wildman–Crippen MR) is 84.0 cm³/mol. The third kappa shape index (κ3) is 1.74. The lowest BCUT2D eigenvalue weighted by Gasteiger charge is -2.02. The lowest BCUT2D eigenvalue weighted by molar-refractivity contribution is 1.26. The zero-order valence-electron chi connectivity index (χ0n) is 10.4. The molecule has 0 unspecified atom stereocenters. The molecule has 18 heavy (non-hydrogen) atoms. The van der Waals surface area contributed by atoms with Gasteiger partial charge in [-0.1, -0.05) is 64.5 Å². The fourth-order valence-corrected chi connectivity index (χ4v) is 2.97. The molecule has 0 N–H and O–H groups in total. The van der Waals surface area contributed by atoms with Crippen LogP contribution in [0.2, 0.25) is 0 Å². The fraction of sp³-hybridized carbons (Fsp3) is 0.176. The highest BCUT2D eigenvalue weighted by molar-refractivity contribution is 9.09. The number of hydrogen-bond donors (Lipinski definition) is 0. The third-order valence-electron chi connectivity index (χ3n) is 3.56. The van der Waals surface area contributed by atoms with Gasteiger partial charge in [0.2, 0.25) is 0 Å². The lowest BCUT2D eigenvalue weighted by atomic mass is 10.0. The van der Waals surface area contributed by atoms with Gasteiger partial charge >= 0.3 is 0 Å². The summed E-state index contributed by atoms with van der Waals surface area (Å²) in [6.45, 7) is 2.22. The molecule has 90 valence electrons. The van der Waals surface area contributed by atoms with Crippen molar-refractivity contribution in [1.29, 1.82) is 0 Å². The number of halogens is 1. The summed E-state index contributed by atoms with van der Waals surface area (Å²) in [6, 6.07) is 13.2. The van der Waals surface area contributed by atoms with Crippen LogP contribution in [-0.2, 0) is 0 Å². The van der Waals surface area contributed by atoms with Crippen LogP contribution in [0.25, 0.3) is 21.9 Å². The molecule has 0 bridgehead atoms. The van der Waals surface area contributed by atoms with Gasteiger partial charge in [0.15, 0.2) is 0 Å². The summed E-state index contributed by atoms with van der Waals surface area (Å²) in [4.78, 5) is 0. The van der Waals surface area contributed by atoms with E-state index in [-0.39, 0.29) is 0 Å². The summed E-state index contributed by atoms with van der Waals surface area (Å²) in [6.07, 6.45) is 5.59. The normalized spacial score (nSPS) is 14.1. The molecular weight excluding hydrogens is 284 g/mol. The lowest BCUT2D eigenvalue weighted by Crippen LogP contribution is -1.79. The highest BCUT2D eigenvalue weighted by Gasteiger charge is 2.18. The first-order valence-corrected chi connectivity index (χ1v) is 7.41. The van der Waals surface area contributed by atoms with Gasteiger partial charge in [-0.2, -0.15) is 0 Å². The maximum absolute atomic E-state index is 3.46. The van der Waals surface area contributed by atoms with E-state index >= 15 is 0 Å². The molecule has 0 saturated heterocycles. The molecule has 0 amide bonds. The minimum Gasteiger partial charge on any atom is -0.0925 e. The van der Waals surface area contributed by atoms with Crippen molar-refractivity contribution in [2.45, 2.75) is 13.3 Å². The number of alkyl halides is 1. The molecule has 0 spiro atoms. The van der Waals surface area contributed by atoms with Gasteiger partial charge < -0.3 is 0 Å². The molecule has 0 fully saturated rings. The number of hydrogen-bond acceptors (Lipinski definition) is 0. The Morgan fingerprint density at radius 3 is 2.50 bits per heavy atom. The molecule has 0 saturated carbocycles. The van der Waals surface area contributed by atoms with E-state index < -0.39 is 0 Å². The first-order valence-electron chi connectivity index (χ1n) is 6.29. The summed E-state index contributed by atoms with van der Waals surface area (Å²) in [7, 11) is 0. The summed E-state index contributed by atoms with van der Waals surface area (Å²) < 4.78 is 0. The van der Waals surface area contributed by atoms with E-state index in [2.05, 4.69) is 71.4 Å².